The summed E-state index contributed by atoms with van der Waals surface area (Å²) in [4.78, 5) is 26.1. The van der Waals surface area contributed by atoms with Crippen LogP contribution < -0.4 is 5.32 Å². The predicted molar refractivity (Wildman–Crippen MR) is 65.2 cm³/mol. The van der Waals surface area contributed by atoms with Gasteiger partial charge in [0, 0.05) is 6.04 Å². The topological polar surface area (TPSA) is 49.4 Å². The lowest BCUT2D eigenvalue weighted by atomic mass is 9.96. The molecule has 17 heavy (non-hydrogen) atoms. The molecule has 1 heterocycles. The predicted octanol–water partition coefficient (Wildman–Crippen LogP) is 1.08. The van der Waals surface area contributed by atoms with Gasteiger partial charge in [0.25, 0.3) is 0 Å². The summed E-state index contributed by atoms with van der Waals surface area (Å²) < 4.78 is 0. The van der Waals surface area contributed by atoms with Crippen molar-refractivity contribution in [2.24, 2.45) is 5.92 Å². The third-order valence-corrected chi connectivity index (χ3v) is 3.66. The SMILES string of the molecule is CC(C)C1NC(=O)C(C)N(C2CC=CC2)C1=O. The molecular weight excluding hydrogens is 216 g/mol. The number of carbonyl (C=O) groups is 2. The molecule has 0 saturated carbocycles. The van der Waals surface area contributed by atoms with Crippen molar-refractivity contribution in [2.75, 3.05) is 0 Å². The van der Waals surface area contributed by atoms with Crippen molar-refractivity contribution in [1.82, 2.24) is 10.2 Å². The highest BCUT2D eigenvalue weighted by Gasteiger charge is 2.42. The Balaban J connectivity index is 2.21. The average molecular weight is 236 g/mol. The smallest absolute Gasteiger partial charge is 0.246 e. The van der Waals surface area contributed by atoms with Gasteiger partial charge in [-0.1, -0.05) is 26.0 Å². The van der Waals surface area contributed by atoms with Crippen molar-refractivity contribution in [3.8, 4) is 0 Å². The van der Waals surface area contributed by atoms with Crippen molar-refractivity contribution in [3.05, 3.63) is 12.2 Å². The van der Waals surface area contributed by atoms with Crippen molar-refractivity contribution in [2.45, 2.75) is 51.7 Å². The Hall–Kier alpha value is -1.32. The van der Waals surface area contributed by atoms with E-state index < -0.39 is 0 Å². The average Bonchev–Trinajstić information content (AvgIpc) is 2.76. The molecule has 0 bridgehead atoms. The van der Waals surface area contributed by atoms with Crippen LogP contribution in [0.5, 0.6) is 0 Å². The van der Waals surface area contributed by atoms with Crippen molar-refractivity contribution >= 4 is 11.8 Å². The monoisotopic (exact) mass is 236 g/mol. The highest BCUT2D eigenvalue weighted by atomic mass is 16.2. The summed E-state index contributed by atoms with van der Waals surface area (Å²) in [6.07, 6.45) is 5.91. The summed E-state index contributed by atoms with van der Waals surface area (Å²) in [5.41, 5.74) is 0. The van der Waals surface area contributed by atoms with Gasteiger partial charge in [-0.05, 0) is 25.7 Å². The van der Waals surface area contributed by atoms with Gasteiger partial charge < -0.3 is 10.2 Å². The lowest BCUT2D eigenvalue weighted by Gasteiger charge is -2.42. The van der Waals surface area contributed by atoms with Crippen LogP contribution in [0.25, 0.3) is 0 Å². The lowest BCUT2D eigenvalue weighted by Crippen LogP contribution is -2.65. The van der Waals surface area contributed by atoms with Crippen molar-refractivity contribution in [3.63, 3.8) is 0 Å². The largest absolute Gasteiger partial charge is 0.342 e. The van der Waals surface area contributed by atoms with Crippen molar-refractivity contribution < 1.29 is 9.59 Å². The normalized spacial score (nSPS) is 30.2. The van der Waals surface area contributed by atoms with E-state index in [-0.39, 0.29) is 35.9 Å². The van der Waals surface area contributed by atoms with Crippen LogP contribution in [-0.4, -0.2) is 34.8 Å². The molecule has 1 saturated heterocycles. The standard InChI is InChI=1S/C13H20N2O2/c1-8(2)11-13(17)15(9(3)12(16)14-11)10-6-4-5-7-10/h4-5,8-11H,6-7H2,1-3H3,(H,14,16). The van der Waals surface area contributed by atoms with E-state index in [0.717, 1.165) is 12.8 Å². The molecule has 0 aromatic rings. The maximum Gasteiger partial charge on any atom is 0.246 e. The molecule has 2 aliphatic rings. The molecule has 4 nitrogen and oxygen atoms in total. The quantitative estimate of drug-likeness (QED) is 0.729. The van der Waals surface area contributed by atoms with Crippen LogP contribution in [0, 0.1) is 5.92 Å². The van der Waals surface area contributed by atoms with Crippen LogP contribution in [-0.2, 0) is 9.59 Å². The van der Waals surface area contributed by atoms with Crippen LogP contribution in [0.1, 0.15) is 33.6 Å². The second-order valence-corrected chi connectivity index (χ2v) is 5.25. The zero-order chi connectivity index (χ0) is 12.6. The first-order valence-electron chi connectivity index (χ1n) is 6.30. The van der Waals surface area contributed by atoms with E-state index in [1.807, 2.05) is 20.8 Å². The highest BCUT2D eigenvalue weighted by molar-refractivity contribution is 5.97. The number of amides is 2. The highest BCUT2D eigenvalue weighted by Crippen LogP contribution is 2.24. The molecule has 0 aromatic carbocycles. The first-order chi connectivity index (χ1) is 8.02. The molecule has 0 spiro atoms. The van der Waals surface area contributed by atoms with Crippen LogP contribution in [0.4, 0.5) is 0 Å². The Morgan fingerprint density at radius 2 is 1.88 bits per heavy atom. The maximum absolute atomic E-state index is 12.4. The minimum Gasteiger partial charge on any atom is -0.342 e. The molecule has 1 fully saturated rings. The number of nitrogens with zero attached hydrogens (tertiary/aromatic N) is 1. The lowest BCUT2D eigenvalue weighted by molar-refractivity contribution is -0.152. The number of nitrogens with one attached hydrogen (secondary N) is 1. The second-order valence-electron chi connectivity index (χ2n) is 5.25. The molecule has 2 unspecified atom stereocenters. The molecule has 2 amide bonds. The summed E-state index contributed by atoms with van der Waals surface area (Å²) in [6.45, 7) is 5.73. The molecule has 1 aliphatic carbocycles. The number of hydrogen-bond acceptors (Lipinski definition) is 2. The maximum atomic E-state index is 12.4. The summed E-state index contributed by atoms with van der Waals surface area (Å²) in [5, 5.41) is 2.82. The Labute approximate surface area is 102 Å². The van der Waals surface area contributed by atoms with Gasteiger partial charge in [-0.25, -0.2) is 0 Å². The zero-order valence-electron chi connectivity index (χ0n) is 10.6. The van der Waals surface area contributed by atoms with E-state index in [0.29, 0.717) is 0 Å². The first kappa shape index (κ1) is 12.1. The van der Waals surface area contributed by atoms with E-state index in [2.05, 4.69) is 17.5 Å². The van der Waals surface area contributed by atoms with Gasteiger partial charge in [-0.3, -0.25) is 9.59 Å². The van der Waals surface area contributed by atoms with Gasteiger partial charge in [-0.2, -0.15) is 0 Å². The fourth-order valence-electron chi connectivity index (χ4n) is 2.59. The van der Waals surface area contributed by atoms with Gasteiger partial charge in [0.1, 0.15) is 12.1 Å². The Morgan fingerprint density at radius 3 is 2.41 bits per heavy atom. The molecule has 0 aromatic heterocycles. The molecule has 94 valence electrons. The molecule has 2 rings (SSSR count). The first-order valence-corrected chi connectivity index (χ1v) is 6.30. The fraction of sp³-hybridized carbons (Fsp3) is 0.692. The summed E-state index contributed by atoms with van der Waals surface area (Å²) in [5.74, 6) is 0.173. The second kappa shape index (κ2) is 4.51. The summed E-state index contributed by atoms with van der Waals surface area (Å²) in [7, 11) is 0. The van der Waals surface area contributed by atoms with E-state index in [9.17, 15) is 9.59 Å². The van der Waals surface area contributed by atoms with E-state index in [4.69, 9.17) is 0 Å². The van der Waals surface area contributed by atoms with E-state index >= 15 is 0 Å². The minimum atomic E-state index is -0.362. The Morgan fingerprint density at radius 1 is 1.29 bits per heavy atom. The third-order valence-electron chi connectivity index (χ3n) is 3.66. The van der Waals surface area contributed by atoms with Crippen LogP contribution >= 0.6 is 0 Å². The number of piperazine rings is 1. The Bertz CT molecular complexity index is 354. The van der Waals surface area contributed by atoms with Crippen LogP contribution in [0.2, 0.25) is 0 Å². The van der Waals surface area contributed by atoms with Gasteiger partial charge >= 0.3 is 0 Å². The molecular formula is C13H20N2O2. The molecule has 4 heteroatoms. The number of hydrogen-bond donors (Lipinski definition) is 1. The molecule has 1 aliphatic heterocycles. The van der Waals surface area contributed by atoms with E-state index in [1.54, 1.807) is 4.90 Å². The van der Waals surface area contributed by atoms with Gasteiger partial charge in [0.2, 0.25) is 11.8 Å². The van der Waals surface area contributed by atoms with Gasteiger partial charge in [-0.15, -0.1) is 0 Å². The molecule has 1 N–H and O–H groups in total. The number of carbonyl (C=O) groups excluding carboxylic acids is 2. The zero-order valence-corrected chi connectivity index (χ0v) is 10.6. The van der Waals surface area contributed by atoms with Crippen LogP contribution in [0.3, 0.4) is 0 Å². The summed E-state index contributed by atoms with van der Waals surface area (Å²) >= 11 is 0. The van der Waals surface area contributed by atoms with Crippen LogP contribution in [0.15, 0.2) is 12.2 Å². The van der Waals surface area contributed by atoms with E-state index in [1.165, 1.54) is 0 Å². The summed E-state index contributed by atoms with van der Waals surface area (Å²) in [6, 6.07) is -0.536. The van der Waals surface area contributed by atoms with Gasteiger partial charge in [0.15, 0.2) is 0 Å². The molecule has 2 atom stereocenters. The minimum absolute atomic E-state index is 0.0322. The number of rotatable bonds is 2. The van der Waals surface area contributed by atoms with Gasteiger partial charge in [0.05, 0.1) is 0 Å². The Kier molecular flexibility index (Phi) is 3.22. The third kappa shape index (κ3) is 2.08. The molecule has 0 radical (unpaired) electrons. The van der Waals surface area contributed by atoms with Crippen molar-refractivity contribution in [1.29, 1.82) is 0 Å². The fourth-order valence-corrected chi connectivity index (χ4v) is 2.59.